The molecule has 0 aliphatic carbocycles. The molecule has 1 unspecified atom stereocenters. The second kappa shape index (κ2) is 1.77. The summed E-state index contributed by atoms with van der Waals surface area (Å²) in [5, 5.41) is 0. The van der Waals surface area contributed by atoms with Gasteiger partial charge in [-0.3, -0.25) is 4.18 Å². The van der Waals surface area contributed by atoms with Gasteiger partial charge in [0, 0.05) is 10.7 Å². The van der Waals surface area contributed by atoms with E-state index in [2.05, 4.69) is 14.9 Å². The van der Waals surface area contributed by atoms with Crippen molar-refractivity contribution in [2.75, 3.05) is 7.11 Å². The minimum atomic E-state index is -3.19. The van der Waals surface area contributed by atoms with Crippen LogP contribution in [0.25, 0.3) is 0 Å². The normalized spacial score (nSPS) is 19.7. The first-order chi connectivity index (χ1) is 2.56. The van der Waals surface area contributed by atoms with Gasteiger partial charge < -0.3 is 0 Å². The lowest BCUT2D eigenvalue weighted by atomic mass is 11.8. The molecular weight excluding hydrogens is 126 g/mol. The highest BCUT2D eigenvalue weighted by atomic mass is 35.7. The molecule has 0 radical (unpaired) electrons. The molecule has 38 valence electrons. The van der Waals surface area contributed by atoms with Gasteiger partial charge in [-0.05, 0) is 0 Å². The van der Waals surface area contributed by atoms with Gasteiger partial charge in [0.1, 0.15) is 0 Å². The molecule has 0 aromatic rings. The number of halogens is 1. The highest BCUT2D eigenvalue weighted by molar-refractivity contribution is 8.10. The van der Waals surface area contributed by atoms with Crippen molar-refractivity contribution < 1.29 is 8.39 Å². The molecule has 0 rings (SSSR count). The molecule has 0 heterocycles. The van der Waals surface area contributed by atoms with Crippen molar-refractivity contribution in [3.63, 3.8) is 0 Å². The average molecular weight is 130 g/mol. The van der Waals surface area contributed by atoms with Gasteiger partial charge in [-0.25, -0.2) is 8.99 Å². The summed E-state index contributed by atoms with van der Waals surface area (Å²) in [5.41, 5.74) is 0. The van der Waals surface area contributed by atoms with Crippen molar-refractivity contribution in [3.05, 3.63) is 0 Å². The predicted octanol–water partition coefficient (Wildman–Crippen LogP) is 0.748. The van der Waals surface area contributed by atoms with Crippen LogP contribution in [0, 0.1) is 4.78 Å². The summed E-state index contributed by atoms with van der Waals surface area (Å²) in [6, 6.07) is 0. The first-order valence-corrected chi connectivity index (χ1v) is 3.41. The van der Waals surface area contributed by atoms with Gasteiger partial charge in [-0.1, -0.05) is 0 Å². The van der Waals surface area contributed by atoms with Gasteiger partial charge in [0.2, 0.25) is 9.22 Å². The molecule has 0 saturated heterocycles. The third-order valence-corrected chi connectivity index (χ3v) is 1.02. The number of hydrogen-bond acceptors (Lipinski definition) is 3. The highest BCUT2D eigenvalue weighted by Gasteiger charge is 1.89. The fourth-order valence-corrected chi connectivity index (χ4v) is 0. The van der Waals surface area contributed by atoms with E-state index in [1.165, 1.54) is 0 Å². The number of nitrogens with one attached hydrogen (secondary N) is 1. The second-order valence-electron chi connectivity index (χ2n) is 0.605. The van der Waals surface area contributed by atoms with Crippen LogP contribution in [0.4, 0.5) is 0 Å². The van der Waals surface area contributed by atoms with Crippen molar-refractivity contribution in [3.8, 4) is 0 Å². The SMILES string of the molecule is COS(=N)(=O)Cl. The lowest BCUT2D eigenvalue weighted by Crippen LogP contribution is -1.84. The van der Waals surface area contributed by atoms with E-state index in [4.69, 9.17) is 4.78 Å². The molecule has 0 saturated carbocycles. The van der Waals surface area contributed by atoms with Crippen LogP contribution < -0.4 is 0 Å². The maximum atomic E-state index is 9.77. The van der Waals surface area contributed by atoms with Crippen molar-refractivity contribution in [1.29, 1.82) is 4.78 Å². The molecule has 1 N–H and O–H groups in total. The first-order valence-electron chi connectivity index (χ1n) is 1.10. The molecule has 0 aromatic heterocycles. The van der Waals surface area contributed by atoms with Crippen molar-refractivity contribution >= 4 is 19.9 Å². The standard InChI is InChI=1S/CH4ClNO2S/c1-5-6(2,3)4/h3H,1H3. The lowest BCUT2D eigenvalue weighted by molar-refractivity contribution is 0.446. The van der Waals surface area contributed by atoms with Gasteiger partial charge in [0.15, 0.2) is 0 Å². The van der Waals surface area contributed by atoms with Crippen LogP contribution in [0.2, 0.25) is 0 Å². The van der Waals surface area contributed by atoms with Crippen LogP contribution in [0.3, 0.4) is 0 Å². The van der Waals surface area contributed by atoms with Crippen molar-refractivity contribution in [2.24, 2.45) is 0 Å². The zero-order valence-electron chi connectivity index (χ0n) is 3.10. The summed E-state index contributed by atoms with van der Waals surface area (Å²) in [6.07, 6.45) is 0. The Balaban J connectivity index is 3.85. The Morgan fingerprint density at radius 1 is 2.00 bits per heavy atom. The van der Waals surface area contributed by atoms with Crippen LogP contribution in [0.1, 0.15) is 0 Å². The molecule has 0 spiro atoms. The summed E-state index contributed by atoms with van der Waals surface area (Å²) in [6.45, 7) is 0. The van der Waals surface area contributed by atoms with E-state index in [0.29, 0.717) is 0 Å². The van der Waals surface area contributed by atoms with Gasteiger partial charge in [-0.15, -0.1) is 0 Å². The Labute approximate surface area is 40.9 Å². The monoisotopic (exact) mass is 129 g/mol. The van der Waals surface area contributed by atoms with Gasteiger partial charge in [-0.2, -0.15) is 0 Å². The largest absolute Gasteiger partial charge is 0.277 e. The second-order valence-corrected chi connectivity index (χ2v) is 3.03. The maximum Gasteiger partial charge on any atom is 0.249 e. The summed E-state index contributed by atoms with van der Waals surface area (Å²) in [7, 11) is 2.61. The van der Waals surface area contributed by atoms with Crippen LogP contribution in [0.15, 0.2) is 0 Å². The minimum absolute atomic E-state index is 1.11. The summed E-state index contributed by atoms with van der Waals surface area (Å²) in [5.74, 6) is 0. The minimum Gasteiger partial charge on any atom is -0.277 e. The molecule has 0 aliphatic heterocycles. The predicted molar refractivity (Wildman–Crippen MR) is 23.7 cm³/mol. The van der Waals surface area contributed by atoms with Crippen molar-refractivity contribution in [2.45, 2.75) is 0 Å². The summed E-state index contributed by atoms with van der Waals surface area (Å²) < 4.78 is 19.9. The fourth-order valence-electron chi connectivity index (χ4n) is 0. The van der Waals surface area contributed by atoms with Crippen LogP contribution in [-0.4, -0.2) is 11.3 Å². The zero-order valence-corrected chi connectivity index (χ0v) is 4.68. The van der Waals surface area contributed by atoms with Crippen molar-refractivity contribution in [1.82, 2.24) is 0 Å². The van der Waals surface area contributed by atoms with Crippen LogP contribution in [0.5, 0.6) is 0 Å². The molecule has 0 amide bonds. The van der Waals surface area contributed by atoms with E-state index in [1.807, 2.05) is 0 Å². The number of rotatable bonds is 1. The van der Waals surface area contributed by atoms with E-state index in [1.54, 1.807) is 0 Å². The molecule has 0 aliphatic rings. The number of hydrogen-bond donors (Lipinski definition) is 1. The Bertz CT molecular complexity index is 116. The average Bonchev–Trinajstić information content (AvgIpc) is 1.35. The summed E-state index contributed by atoms with van der Waals surface area (Å²) in [4.78, 5) is 0. The van der Waals surface area contributed by atoms with E-state index in [-0.39, 0.29) is 0 Å². The van der Waals surface area contributed by atoms with E-state index in [0.717, 1.165) is 7.11 Å². The first kappa shape index (κ1) is 6.20. The quantitative estimate of drug-likeness (QED) is 0.531. The van der Waals surface area contributed by atoms with Crippen LogP contribution in [-0.2, 0) is 13.4 Å². The molecular formula is CH4ClNO2S. The molecule has 0 fully saturated rings. The van der Waals surface area contributed by atoms with E-state index < -0.39 is 9.22 Å². The van der Waals surface area contributed by atoms with Gasteiger partial charge in [0.05, 0.1) is 7.11 Å². The third-order valence-electron chi connectivity index (χ3n) is 0.214. The third kappa shape index (κ3) is 4.20. The molecule has 5 heteroatoms. The van der Waals surface area contributed by atoms with Gasteiger partial charge >= 0.3 is 0 Å². The lowest BCUT2D eigenvalue weighted by Gasteiger charge is -1.85. The molecule has 0 bridgehead atoms. The Kier molecular flexibility index (Phi) is 1.83. The Morgan fingerprint density at radius 3 is 2.17 bits per heavy atom. The molecule has 1 atom stereocenters. The maximum absolute atomic E-state index is 9.77. The molecule has 0 aromatic carbocycles. The Morgan fingerprint density at radius 2 is 2.17 bits per heavy atom. The topological polar surface area (TPSA) is 50.1 Å². The Hall–Kier alpha value is 0.200. The molecule has 3 nitrogen and oxygen atoms in total. The smallest absolute Gasteiger partial charge is 0.249 e. The summed E-state index contributed by atoms with van der Waals surface area (Å²) >= 11 is 0. The fraction of sp³-hybridized carbons (Fsp3) is 1.00. The van der Waals surface area contributed by atoms with Crippen LogP contribution >= 0.6 is 10.7 Å². The molecule has 6 heavy (non-hydrogen) atoms. The highest BCUT2D eigenvalue weighted by Crippen LogP contribution is 1.94. The van der Waals surface area contributed by atoms with E-state index in [9.17, 15) is 4.21 Å². The zero-order chi connectivity index (χ0) is 5.21. The van der Waals surface area contributed by atoms with Gasteiger partial charge in [0.25, 0.3) is 0 Å². The van der Waals surface area contributed by atoms with E-state index >= 15 is 0 Å².